The molecule has 2 aliphatic rings. The largest absolute Gasteiger partial charge is 0.504 e. The summed E-state index contributed by atoms with van der Waals surface area (Å²) in [6, 6.07) is 5.35. The Morgan fingerprint density at radius 3 is 3.00 bits per heavy atom. The summed E-state index contributed by atoms with van der Waals surface area (Å²) >= 11 is 1.68. The van der Waals surface area contributed by atoms with Gasteiger partial charge in [0.05, 0.1) is 12.2 Å². The van der Waals surface area contributed by atoms with Gasteiger partial charge in [-0.05, 0) is 43.7 Å². The lowest BCUT2D eigenvalue weighted by Gasteiger charge is -2.27. The number of carbonyl (C=O) groups is 1. The van der Waals surface area contributed by atoms with Gasteiger partial charge in [0.1, 0.15) is 11.2 Å². The Kier molecular flexibility index (Phi) is 4.07. The first-order chi connectivity index (χ1) is 12.1. The number of fused-ring (bicyclic) bond motifs is 3. The Morgan fingerprint density at radius 2 is 2.20 bits per heavy atom. The SMILES string of the molecule is CCOc1cccc([C@H]2NC(=O)c3c(sc4c3CC[C@H](C)C4)N2)c1O. The molecule has 0 radical (unpaired) electrons. The number of amides is 1. The normalized spacial score (nSPS) is 21.8. The standard InChI is InChI=1S/C19H22N2O3S/c1-3-24-13-6-4-5-12(16(13)22)17-20-18(23)15-11-8-7-10(2)9-14(11)25-19(15)21-17/h4-6,10,17,21-22H,3,7-9H2,1-2H3,(H,20,23)/t10-,17-/m0/s1. The van der Waals surface area contributed by atoms with Crippen molar-refractivity contribution in [2.45, 2.75) is 39.3 Å². The number of phenols is 1. The van der Waals surface area contributed by atoms with Crippen LogP contribution in [0.3, 0.4) is 0 Å². The fourth-order valence-corrected chi connectivity index (χ4v) is 5.10. The molecule has 1 aromatic carbocycles. The predicted octanol–water partition coefficient (Wildman–Crippen LogP) is 3.83. The fourth-order valence-electron chi connectivity index (χ4n) is 3.66. The van der Waals surface area contributed by atoms with Gasteiger partial charge in [-0.25, -0.2) is 0 Å². The number of benzene rings is 1. The van der Waals surface area contributed by atoms with E-state index >= 15 is 0 Å². The van der Waals surface area contributed by atoms with Crippen LogP contribution in [0.4, 0.5) is 5.00 Å². The van der Waals surface area contributed by atoms with Gasteiger partial charge in [0, 0.05) is 10.4 Å². The van der Waals surface area contributed by atoms with E-state index in [-0.39, 0.29) is 11.7 Å². The average molecular weight is 358 g/mol. The van der Waals surface area contributed by atoms with Crippen LogP contribution in [0.1, 0.15) is 52.8 Å². The van der Waals surface area contributed by atoms with E-state index in [2.05, 4.69) is 17.6 Å². The van der Waals surface area contributed by atoms with Gasteiger partial charge in [-0.3, -0.25) is 4.79 Å². The molecule has 0 fully saturated rings. The molecule has 132 valence electrons. The Bertz CT molecular complexity index is 830. The summed E-state index contributed by atoms with van der Waals surface area (Å²) in [6.07, 6.45) is 2.67. The lowest BCUT2D eigenvalue weighted by atomic mass is 9.88. The molecule has 0 spiro atoms. The molecule has 1 aliphatic carbocycles. The maximum Gasteiger partial charge on any atom is 0.256 e. The van der Waals surface area contributed by atoms with E-state index in [1.165, 1.54) is 10.4 Å². The van der Waals surface area contributed by atoms with E-state index in [0.717, 1.165) is 29.8 Å². The molecule has 0 saturated carbocycles. The highest BCUT2D eigenvalue weighted by Crippen LogP contribution is 2.44. The molecule has 3 N–H and O–H groups in total. The third-order valence-electron chi connectivity index (χ3n) is 4.93. The number of hydrogen-bond acceptors (Lipinski definition) is 5. The van der Waals surface area contributed by atoms with Gasteiger partial charge in [0.15, 0.2) is 11.5 Å². The lowest BCUT2D eigenvalue weighted by molar-refractivity contribution is 0.0934. The third-order valence-corrected chi connectivity index (χ3v) is 6.12. The molecule has 1 aromatic heterocycles. The number of hydrogen-bond donors (Lipinski definition) is 3. The Balaban J connectivity index is 1.69. The summed E-state index contributed by atoms with van der Waals surface area (Å²) < 4.78 is 5.45. The third kappa shape index (κ3) is 2.74. The minimum Gasteiger partial charge on any atom is -0.504 e. The Morgan fingerprint density at radius 1 is 1.36 bits per heavy atom. The summed E-state index contributed by atoms with van der Waals surface area (Å²) in [4.78, 5) is 14.1. The van der Waals surface area contributed by atoms with Gasteiger partial charge in [-0.1, -0.05) is 19.1 Å². The summed E-state index contributed by atoms with van der Waals surface area (Å²) in [6.45, 7) is 4.60. The van der Waals surface area contributed by atoms with E-state index in [1.54, 1.807) is 23.5 Å². The second-order valence-corrected chi connectivity index (χ2v) is 7.84. The summed E-state index contributed by atoms with van der Waals surface area (Å²) in [5.74, 6) is 1.10. The van der Waals surface area contributed by atoms with Crippen LogP contribution in [0.25, 0.3) is 0 Å². The fraction of sp³-hybridized carbons (Fsp3) is 0.421. The second-order valence-electron chi connectivity index (χ2n) is 6.73. The van der Waals surface area contributed by atoms with Crippen molar-refractivity contribution < 1.29 is 14.6 Å². The molecule has 0 unspecified atom stereocenters. The highest BCUT2D eigenvalue weighted by atomic mass is 32.1. The van der Waals surface area contributed by atoms with Gasteiger partial charge < -0.3 is 20.5 Å². The highest BCUT2D eigenvalue weighted by molar-refractivity contribution is 7.16. The smallest absolute Gasteiger partial charge is 0.256 e. The molecule has 4 rings (SSSR count). The molecule has 25 heavy (non-hydrogen) atoms. The number of para-hydroxylation sites is 1. The number of thiophene rings is 1. The molecule has 5 nitrogen and oxygen atoms in total. The van der Waals surface area contributed by atoms with Crippen molar-refractivity contribution in [2.75, 3.05) is 11.9 Å². The molecule has 2 aromatic rings. The number of rotatable bonds is 3. The predicted molar refractivity (Wildman–Crippen MR) is 98.6 cm³/mol. The maximum absolute atomic E-state index is 12.7. The number of ether oxygens (including phenoxy) is 1. The number of phenolic OH excluding ortho intramolecular Hbond substituents is 1. The lowest BCUT2D eigenvalue weighted by Crippen LogP contribution is -2.38. The molecule has 6 heteroatoms. The van der Waals surface area contributed by atoms with Crippen LogP contribution >= 0.6 is 11.3 Å². The van der Waals surface area contributed by atoms with Crippen LogP contribution in [-0.2, 0) is 12.8 Å². The zero-order valence-corrected chi connectivity index (χ0v) is 15.2. The average Bonchev–Trinajstić information content (AvgIpc) is 2.94. The Hall–Kier alpha value is -2.21. The maximum atomic E-state index is 12.7. The van der Waals surface area contributed by atoms with Gasteiger partial charge in [-0.2, -0.15) is 0 Å². The molecular formula is C19H22N2O3S. The summed E-state index contributed by atoms with van der Waals surface area (Å²) in [5.41, 5.74) is 2.61. The van der Waals surface area contributed by atoms with Gasteiger partial charge in [-0.15, -0.1) is 11.3 Å². The molecule has 2 atom stereocenters. The van der Waals surface area contributed by atoms with Crippen LogP contribution < -0.4 is 15.4 Å². The van der Waals surface area contributed by atoms with E-state index in [0.29, 0.717) is 23.8 Å². The van der Waals surface area contributed by atoms with Gasteiger partial charge in [0.2, 0.25) is 0 Å². The van der Waals surface area contributed by atoms with Gasteiger partial charge >= 0.3 is 0 Å². The zero-order valence-electron chi connectivity index (χ0n) is 14.4. The van der Waals surface area contributed by atoms with Crippen LogP contribution in [0.15, 0.2) is 18.2 Å². The van der Waals surface area contributed by atoms with E-state index in [4.69, 9.17) is 4.74 Å². The van der Waals surface area contributed by atoms with E-state index < -0.39 is 6.17 Å². The molecular weight excluding hydrogens is 336 g/mol. The van der Waals surface area contributed by atoms with Crippen LogP contribution in [0, 0.1) is 5.92 Å². The topological polar surface area (TPSA) is 70.6 Å². The van der Waals surface area contributed by atoms with E-state index in [1.807, 2.05) is 13.0 Å². The first-order valence-electron chi connectivity index (χ1n) is 8.75. The number of aromatic hydroxyl groups is 1. The molecule has 0 bridgehead atoms. The summed E-state index contributed by atoms with van der Waals surface area (Å²) in [5, 5.41) is 17.8. The van der Waals surface area contributed by atoms with Crippen LogP contribution in [-0.4, -0.2) is 17.6 Å². The molecule has 2 heterocycles. The van der Waals surface area contributed by atoms with Crippen LogP contribution in [0.5, 0.6) is 11.5 Å². The van der Waals surface area contributed by atoms with Crippen molar-refractivity contribution in [3.63, 3.8) is 0 Å². The molecule has 1 amide bonds. The number of anilines is 1. The van der Waals surface area contributed by atoms with Gasteiger partial charge in [0.25, 0.3) is 5.91 Å². The highest BCUT2D eigenvalue weighted by Gasteiger charge is 2.34. The van der Waals surface area contributed by atoms with E-state index in [9.17, 15) is 9.90 Å². The zero-order chi connectivity index (χ0) is 17.6. The first kappa shape index (κ1) is 16.3. The monoisotopic (exact) mass is 358 g/mol. The Labute approximate surface area is 151 Å². The second kappa shape index (κ2) is 6.26. The van der Waals surface area contributed by atoms with Crippen molar-refractivity contribution in [1.82, 2.24) is 5.32 Å². The molecule has 1 aliphatic heterocycles. The van der Waals surface area contributed by atoms with Crippen molar-refractivity contribution in [3.8, 4) is 11.5 Å². The summed E-state index contributed by atoms with van der Waals surface area (Å²) in [7, 11) is 0. The van der Waals surface area contributed by atoms with Crippen LogP contribution in [0.2, 0.25) is 0 Å². The van der Waals surface area contributed by atoms with Crippen molar-refractivity contribution >= 4 is 22.2 Å². The van der Waals surface area contributed by atoms with Crippen molar-refractivity contribution in [3.05, 3.63) is 39.8 Å². The minimum atomic E-state index is -0.460. The van der Waals surface area contributed by atoms with Crippen molar-refractivity contribution in [2.24, 2.45) is 5.92 Å². The van der Waals surface area contributed by atoms with Crippen molar-refractivity contribution in [1.29, 1.82) is 0 Å². The molecule has 0 saturated heterocycles. The number of carbonyl (C=O) groups excluding carboxylic acids is 1. The minimum absolute atomic E-state index is 0.0629. The first-order valence-corrected chi connectivity index (χ1v) is 9.56. The quantitative estimate of drug-likeness (QED) is 0.780. The number of nitrogens with one attached hydrogen (secondary N) is 2.